The fraction of sp³-hybridized carbons (Fsp3) is 0.278. The first-order valence-corrected chi connectivity index (χ1v) is 7.68. The van der Waals surface area contributed by atoms with Crippen molar-refractivity contribution in [3.63, 3.8) is 0 Å². The number of amides is 1. The molecule has 2 aromatic carbocycles. The van der Waals surface area contributed by atoms with E-state index < -0.39 is 0 Å². The summed E-state index contributed by atoms with van der Waals surface area (Å²) in [5.74, 6) is 0.827. The molecule has 1 aliphatic heterocycles. The molecule has 0 radical (unpaired) electrons. The third-order valence-electron chi connectivity index (χ3n) is 3.96. The van der Waals surface area contributed by atoms with Crippen LogP contribution in [0.1, 0.15) is 5.56 Å². The van der Waals surface area contributed by atoms with Crippen LogP contribution in [0.3, 0.4) is 0 Å². The Morgan fingerprint density at radius 3 is 2.83 bits per heavy atom. The molecule has 0 saturated heterocycles. The van der Waals surface area contributed by atoms with Gasteiger partial charge in [0.1, 0.15) is 12.4 Å². The number of likely N-dealkylation sites (N-methyl/N-ethyl adjacent to an activating group) is 1. The highest BCUT2D eigenvalue weighted by atomic mass is 16.5. The number of rotatable bonds is 4. The van der Waals surface area contributed by atoms with Crippen molar-refractivity contribution in [3.05, 3.63) is 54.1 Å². The Bertz CT molecular complexity index is 688. The number of nitrogens with zero attached hydrogens (tertiary/aromatic N) is 2. The molecular weight excluding hydrogens is 290 g/mol. The first kappa shape index (κ1) is 15.2. The molecule has 0 atom stereocenters. The molecule has 0 aliphatic carbocycles. The van der Waals surface area contributed by atoms with E-state index in [0.717, 1.165) is 17.0 Å². The van der Waals surface area contributed by atoms with E-state index in [9.17, 15) is 4.79 Å². The fourth-order valence-electron chi connectivity index (χ4n) is 2.69. The average Bonchev–Trinajstić information content (AvgIpc) is 2.55. The third-order valence-corrected chi connectivity index (χ3v) is 3.96. The minimum atomic E-state index is 0.0820. The molecule has 2 N–H and O–H groups in total. The number of nitrogens with two attached hydrogens (primary N) is 1. The van der Waals surface area contributed by atoms with E-state index in [1.165, 1.54) is 0 Å². The highest BCUT2D eigenvalue weighted by Gasteiger charge is 2.21. The van der Waals surface area contributed by atoms with E-state index in [1.807, 2.05) is 54.4 Å². The molecule has 5 heteroatoms. The fourth-order valence-corrected chi connectivity index (χ4v) is 2.69. The maximum Gasteiger partial charge on any atom is 0.242 e. The minimum absolute atomic E-state index is 0.0820. The molecule has 1 heterocycles. The van der Waals surface area contributed by atoms with Gasteiger partial charge in [-0.15, -0.1) is 0 Å². The van der Waals surface area contributed by atoms with E-state index in [4.69, 9.17) is 10.5 Å². The summed E-state index contributed by atoms with van der Waals surface area (Å²) in [6, 6.07) is 15.5. The number of hydrogen-bond donors (Lipinski definition) is 1. The van der Waals surface area contributed by atoms with Crippen LogP contribution in [0.15, 0.2) is 48.5 Å². The van der Waals surface area contributed by atoms with Gasteiger partial charge in [0.2, 0.25) is 5.91 Å². The van der Waals surface area contributed by atoms with Crippen LogP contribution in [0.25, 0.3) is 0 Å². The van der Waals surface area contributed by atoms with Gasteiger partial charge in [-0.2, -0.15) is 0 Å². The highest BCUT2D eigenvalue weighted by Crippen LogP contribution is 2.33. The predicted molar refractivity (Wildman–Crippen MR) is 91.5 cm³/mol. The lowest BCUT2D eigenvalue weighted by Crippen LogP contribution is -2.41. The van der Waals surface area contributed by atoms with Gasteiger partial charge in [-0.25, -0.2) is 0 Å². The van der Waals surface area contributed by atoms with Crippen molar-refractivity contribution in [1.29, 1.82) is 0 Å². The summed E-state index contributed by atoms with van der Waals surface area (Å²) < 4.78 is 5.63. The summed E-state index contributed by atoms with van der Waals surface area (Å²) in [6.07, 6.45) is 0. The maximum absolute atomic E-state index is 12.5. The summed E-state index contributed by atoms with van der Waals surface area (Å²) in [4.78, 5) is 16.3. The number of carbonyl (C=O) groups is 1. The molecular formula is C18H21N3O2. The number of ether oxygens (including phenoxy) is 1. The molecule has 0 saturated carbocycles. The second-order valence-electron chi connectivity index (χ2n) is 5.73. The van der Waals surface area contributed by atoms with Crippen LogP contribution in [-0.2, 0) is 11.3 Å². The van der Waals surface area contributed by atoms with Crippen LogP contribution in [0.5, 0.6) is 5.75 Å². The zero-order valence-electron chi connectivity index (χ0n) is 13.2. The van der Waals surface area contributed by atoms with Crippen LogP contribution in [0, 0.1) is 0 Å². The smallest absolute Gasteiger partial charge is 0.242 e. The topological polar surface area (TPSA) is 58.8 Å². The summed E-state index contributed by atoms with van der Waals surface area (Å²) in [6.45, 7) is 2.20. The highest BCUT2D eigenvalue weighted by molar-refractivity contribution is 5.82. The molecule has 120 valence electrons. The van der Waals surface area contributed by atoms with Crippen molar-refractivity contribution >= 4 is 17.3 Å². The first-order chi connectivity index (χ1) is 11.1. The molecule has 0 unspecified atom stereocenters. The van der Waals surface area contributed by atoms with Crippen molar-refractivity contribution in [2.45, 2.75) is 6.54 Å². The van der Waals surface area contributed by atoms with Gasteiger partial charge in [-0.3, -0.25) is 4.79 Å². The lowest BCUT2D eigenvalue weighted by Gasteiger charge is -2.32. The summed E-state index contributed by atoms with van der Waals surface area (Å²) in [7, 11) is 1.83. The number of carbonyl (C=O) groups excluding carboxylic acids is 1. The molecule has 0 aromatic heterocycles. The normalized spacial score (nSPS) is 13.2. The molecule has 0 bridgehead atoms. The van der Waals surface area contributed by atoms with Gasteiger partial charge in [0.05, 0.1) is 18.8 Å². The number of hydrogen-bond acceptors (Lipinski definition) is 4. The minimum Gasteiger partial charge on any atom is -0.489 e. The predicted octanol–water partition coefficient (Wildman–Crippen LogP) is 2.13. The van der Waals surface area contributed by atoms with Gasteiger partial charge in [-0.05, 0) is 17.7 Å². The van der Waals surface area contributed by atoms with Gasteiger partial charge >= 0.3 is 0 Å². The average molecular weight is 311 g/mol. The quantitative estimate of drug-likeness (QED) is 0.879. The van der Waals surface area contributed by atoms with Gasteiger partial charge in [0.15, 0.2) is 0 Å². The van der Waals surface area contributed by atoms with Gasteiger partial charge < -0.3 is 20.3 Å². The second-order valence-corrected chi connectivity index (χ2v) is 5.73. The molecule has 3 rings (SSSR count). The number of anilines is 2. The lowest BCUT2D eigenvalue weighted by molar-refractivity contribution is -0.129. The Morgan fingerprint density at radius 1 is 1.26 bits per heavy atom. The SMILES string of the molecule is CN(Cc1ccccc1)C(=O)CN1CCOc2cc(N)ccc21. The van der Waals surface area contributed by atoms with E-state index in [0.29, 0.717) is 31.9 Å². The first-order valence-electron chi connectivity index (χ1n) is 7.68. The zero-order chi connectivity index (χ0) is 16.2. The number of nitrogen functional groups attached to an aromatic ring is 1. The summed E-state index contributed by atoms with van der Waals surface area (Å²) in [5, 5.41) is 0. The van der Waals surface area contributed by atoms with Crippen molar-refractivity contribution in [3.8, 4) is 5.75 Å². The molecule has 2 aromatic rings. The maximum atomic E-state index is 12.5. The Hall–Kier alpha value is -2.69. The van der Waals surface area contributed by atoms with Crippen LogP contribution in [-0.4, -0.2) is 37.6 Å². The van der Waals surface area contributed by atoms with Crippen LogP contribution < -0.4 is 15.4 Å². The lowest BCUT2D eigenvalue weighted by atomic mass is 10.2. The van der Waals surface area contributed by atoms with E-state index >= 15 is 0 Å². The van der Waals surface area contributed by atoms with E-state index in [2.05, 4.69) is 0 Å². The molecule has 23 heavy (non-hydrogen) atoms. The van der Waals surface area contributed by atoms with E-state index in [-0.39, 0.29) is 5.91 Å². The Labute approximate surface area is 136 Å². The summed E-state index contributed by atoms with van der Waals surface area (Å²) in [5.41, 5.74) is 8.50. The van der Waals surface area contributed by atoms with Crippen LogP contribution >= 0.6 is 0 Å². The van der Waals surface area contributed by atoms with Crippen molar-refractivity contribution in [2.75, 3.05) is 37.4 Å². The zero-order valence-corrected chi connectivity index (χ0v) is 13.2. The molecule has 1 aliphatic rings. The monoisotopic (exact) mass is 311 g/mol. The Balaban J connectivity index is 1.67. The summed E-state index contributed by atoms with van der Waals surface area (Å²) >= 11 is 0. The van der Waals surface area contributed by atoms with E-state index in [1.54, 1.807) is 11.0 Å². The van der Waals surface area contributed by atoms with Crippen molar-refractivity contribution in [2.24, 2.45) is 0 Å². The third kappa shape index (κ3) is 3.56. The Kier molecular flexibility index (Phi) is 4.37. The van der Waals surface area contributed by atoms with Gasteiger partial charge in [0.25, 0.3) is 0 Å². The van der Waals surface area contributed by atoms with Crippen molar-refractivity contribution < 1.29 is 9.53 Å². The van der Waals surface area contributed by atoms with Crippen LogP contribution in [0.2, 0.25) is 0 Å². The van der Waals surface area contributed by atoms with Crippen LogP contribution in [0.4, 0.5) is 11.4 Å². The second kappa shape index (κ2) is 6.60. The molecule has 5 nitrogen and oxygen atoms in total. The largest absolute Gasteiger partial charge is 0.489 e. The Morgan fingerprint density at radius 2 is 2.04 bits per heavy atom. The molecule has 0 spiro atoms. The number of benzene rings is 2. The van der Waals surface area contributed by atoms with Crippen molar-refractivity contribution in [1.82, 2.24) is 4.90 Å². The standard InChI is InChI=1S/C18H21N3O2/c1-20(12-14-5-3-2-4-6-14)18(22)13-21-9-10-23-17-11-15(19)7-8-16(17)21/h2-8,11H,9-10,12-13,19H2,1H3. The molecule has 1 amide bonds. The van der Waals surface area contributed by atoms with Gasteiger partial charge in [-0.1, -0.05) is 30.3 Å². The number of fused-ring (bicyclic) bond motifs is 1. The van der Waals surface area contributed by atoms with Gasteiger partial charge in [0, 0.05) is 25.3 Å². The molecule has 0 fully saturated rings.